The van der Waals surface area contributed by atoms with Crippen LogP contribution in [-0.2, 0) is 47.9 Å². The van der Waals surface area contributed by atoms with Gasteiger partial charge in [-0.2, -0.15) is 5.06 Å². The number of nitrogens with two attached hydrogens (primary N) is 2. The summed E-state index contributed by atoms with van der Waals surface area (Å²) in [7, 11) is 0. The summed E-state index contributed by atoms with van der Waals surface area (Å²) in [6.45, 7) is 17.8. The number of piperidine rings is 1. The van der Waals surface area contributed by atoms with E-state index in [-0.39, 0.29) is 61.6 Å². The molecular weight excluding hydrogens is 1310 g/mol. The summed E-state index contributed by atoms with van der Waals surface area (Å²) in [4.78, 5) is 132. The normalized spacial score (nSPS) is 21.8. The van der Waals surface area contributed by atoms with Crippen LogP contribution >= 0.6 is 0 Å². The van der Waals surface area contributed by atoms with Gasteiger partial charge in [-0.05, 0) is 101 Å². The molecule has 4 aliphatic rings. The number of benzene rings is 6. The van der Waals surface area contributed by atoms with Gasteiger partial charge >= 0.3 is 35.8 Å². The molecule has 538 valence electrons. The van der Waals surface area contributed by atoms with Crippen molar-refractivity contribution in [3.05, 3.63) is 244 Å². The molecule has 26 heteroatoms. The van der Waals surface area contributed by atoms with Crippen LogP contribution in [0.1, 0.15) is 120 Å². The van der Waals surface area contributed by atoms with Crippen LogP contribution < -0.4 is 11.5 Å². The molecule has 3 saturated heterocycles. The van der Waals surface area contributed by atoms with Gasteiger partial charge in [0.25, 0.3) is 11.4 Å². The van der Waals surface area contributed by atoms with Crippen LogP contribution in [0.15, 0.2) is 168 Å². The van der Waals surface area contributed by atoms with E-state index in [2.05, 4.69) is 112 Å². The zero-order chi connectivity index (χ0) is 73.5. The van der Waals surface area contributed by atoms with Gasteiger partial charge in [-0.15, -0.1) is 5.06 Å². The van der Waals surface area contributed by atoms with Gasteiger partial charge in [-0.25, -0.2) is 19.2 Å². The molecule has 3 fully saturated rings. The molecule has 6 aromatic rings. The highest BCUT2D eigenvalue weighted by atomic mass is 16.8. The van der Waals surface area contributed by atoms with E-state index in [1.165, 1.54) is 64.1 Å². The molecule has 6 unspecified atom stereocenters. The van der Waals surface area contributed by atoms with Crippen molar-refractivity contribution in [1.29, 1.82) is 0 Å². The number of carbonyl (C=O) groups excluding carboxylic acids is 4. The smallest absolute Gasteiger partial charge is 0.443 e. The molecule has 4 heterocycles. The van der Waals surface area contributed by atoms with Crippen LogP contribution in [0.3, 0.4) is 0 Å². The minimum absolute atomic E-state index is 0.00285. The van der Waals surface area contributed by atoms with Gasteiger partial charge in [0.1, 0.15) is 18.2 Å². The predicted molar refractivity (Wildman–Crippen MR) is 376 cm³/mol. The Kier molecular flexibility index (Phi) is 23.2. The number of nitro groups is 2. The van der Waals surface area contributed by atoms with Crippen molar-refractivity contribution < 1.29 is 68.0 Å². The highest BCUT2D eigenvalue weighted by Crippen LogP contribution is 2.61. The maximum absolute atomic E-state index is 15.0. The fraction of sp³-hybridized carbons (Fsp3) is 0.395. The van der Waals surface area contributed by atoms with Crippen molar-refractivity contribution in [2.75, 3.05) is 78.7 Å². The van der Waals surface area contributed by atoms with Gasteiger partial charge in [-0.3, -0.25) is 44.5 Å². The standard InChI is InChI=1S/C76H88N10O16/c1-9-75(73(91)92)66(58-14-12-16-60(46-58)86(97)98)76(74(93)94,33-34-79-35-39-81(40-36-79)64(53-25-17-47(3)18-26-53)54-27-19-48(4)20-28-54)52(8)84(72(75)78)102-71(90)70(89)101-83-51(7)61(62(63(67(83)77)69(88)99-10-2)57-13-11-15-59(45-57)85(95)96)68(87)100-44-43-80-37-41-82(42-38-80)65(55-29-21-49(5)22-30-55)56-31-23-50(6)24-32-56/h11-32,45-46,52,62,64-66,72H,9-10,33-44,77-78H2,1-8H3,(H,91,92)(H,93,94). The summed E-state index contributed by atoms with van der Waals surface area (Å²) in [5.74, 6) is -13.2. The van der Waals surface area contributed by atoms with E-state index < -0.39 is 115 Å². The number of aryl methyl sites for hydroxylation is 4. The van der Waals surface area contributed by atoms with Gasteiger partial charge in [0.05, 0.1) is 62.8 Å². The van der Waals surface area contributed by atoms with Crippen molar-refractivity contribution in [1.82, 2.24) is 29.7 Å². The number of allylic oxidation sites excluding steroid dienone is 1. The van der Waals surface area contributed by atoms with Crippen LogP contribution in [-0.4, -0.2) is 176 Å². The van der Waals surface area contributed by atoms with Crippen LogP contribution in [0.2, 0.25) is 0 Å². The average Bonchev–Trinajstić information content (AvgIpc) is 0.694. The highest BCUT2D eigenvalue weighted by Gasteiger charge is 2.70. The quantitative estimate of drug-likeness (QED) is 0.0190. The van der Waals surface area contributed by atoms with Crippen molar-refractivity contribution in [3.8, 4) is 0 Å². The first-order valence-electron chi connectivity index (χ1n) is 34.2. The molecule has 10 rings (SSSR count). The van der Waals surface area contributed by atoms with Crippen molar-refractivity contribution in [3.63, 3.8) is 0 Å². The number of hydroxylamine groups is 4. The molecular formula is C76H88N10O16. The van der Waals surface area contributed by atoms with Gasteiger partial charge in [-0.1, -0.05) is 151 Å². The van der Waals surface area contributed by atoms with Crippen LogP contribution in [0.4, 0.5) is 11.4 Å². The molecule has 6 N–H and O–H groups in total. The molecule has 4 aliphatic heterocycles. The number of non-ortho nitro benzene ring substituents is 2. The van der Waals surface area contributed by atoms with E-state index in [0.717, 1.165) is 56.6 Å². The molecule has 0 aliphatic carbocycles. The Bertz CT molecular complexity index is 4080. The molecule has 6 atom stereocenters. The molecule has 0 bridgehead atoms. The van der Waals surface area contributed by atoms with E-state index in [1.54, 1.807) is 0 Å². The third kappa shape index (κ3) is 15.2. The number of nitro benzene ring substituents is 2. The average molecular weight is 1400 g/mol. The third-order valence-electron chi connectivity index (χ3n) is 20.8. The fourth-order valence-electron chi connectivity index (χ4n) is 15.2. The Balaban J connectivity index is 0.939. The van der Waals surface area contributed by atoms with Crippen LogP contribution in [0, 0.1) is 58.8 Å². The molecule has 102 heavy (non-hydrogen) atoms. The fourth-order valence-corrected chi connectivity index (χ4v) is 15.2. The Morgan fingerprint density at radius 3 is 1.39 bits per heavy atom. The largest absolute Gasteiger partial charge is 0.481 e. The first kappa shape index (κ1) is 74.5. The van der Waals surface area contributed by atoms with Crippen molar-refractivity contribution in [2.24, 2.45) is 22.3 Å². The van der Waals surface area contributed by atoms with Crippen LogP contribution in [0.5, 0.6) is 0 Å². The number of hydrogen-bond acceptors (Lipinski definition) is 22. The van der Waals surface area contributed by atoms with E-state index in [0.29, 0.717) is 62.5 Å². The second kappa shape index (κ2) is 31.8. The van der Waals surface area contributed by atoms with E-state index in [4.69, 9.17) is 30.6 Å². The van der Waals surface area contributed by atoms with Crippen molar-refractivity contribution in [2.45, 2.75) is 104 Å². The second-order valence-electron chi connectivity index (χ2n) is 26.8. The Labute approximate surface area is 591 Å². The number of piperazine rings is 2. The predicted octanol–water partition coefficient (Wildman–Crippen LogP) is 9.13. The lowest BCUT2D eigenvalue weighted by atomic mass is 9.50. The summed E-state index contributed by atoms with van der Waals surface area (Å²) < 4.78 is 11.5. The number of rotatable bonds is 24. The molecule has 0 spiro atoms. The Morgan fingerprint density at radius 1 is 0.559 bits per heavy atom. The molecule has 0 amide bonds. The summed E-state index contributed by atoms with van der Waals surface area (Å²) in [6.07, 6.45) is -2.79. The molecule has 26 nitrogen and oxygen atoms in total. The number of ether oxygens (including phenoxy) is 2. The number of carboxylic acids is 2. The first-order chi connectivity index (χ1) is 48.7. The highest BCUT2D eigenvalue weighted by molar-refractivity contribution is 6.29. The molecule has 6 aromatic carbocycles. The maximum Gasteiger partial charge on any atom is 0.443 e. The molecule has 0 aromatic heterocycles. The minimum Gasteiger partial charge on any atom is -0.481 e. The monoisotopic (exact) mass is 1400 g/mol. The van der Waals surface area contributed by atoms with Gasteiger partial charge in [0.15, 0.2) is 5.82 Å². The summed E-state index contributed by atoms with van der Waals surface area (Å²) in [6, 6.07) is 41.8. The number of aliphatic carboxylic acids is 2. The summed E-state index contributed by atoms with van der Waals surface area (Å²) in [5.41, 5.74) is 15.7. The number of carboxylic acid groups (broad SMARTS) is 2. The topological polar surface area (TPSA) is 338 Å². The number of nitrogens with zero attached hydrogens (tertiary/aromatic N) is 8. The van der Waals surface area contributed by atoms with Gasteiger partial charge in [0.2, 0.25) is 0 Å². The zero-order valence-corrected chi connectivity index (χ0v) is 58.6. The summed E-state index contributed by atoms with van der Waals surface area (Å²) >= 11 is 0. The van der Waals surface area contributed by atoms with Crippen LogP contribution in [0.25, 0.3) is 0 Å². The molecule has 0 radical (unpaired) electrons. The number of carbonyl (C=O) groups is 6. The van der Waals surface area contributed by atoms with E-state index >= 15 is 0 Å². The first-order valence-corrected chi connectivity index (χ1v) is 34.2. The number of hydrogen-bond donors (Lipinski definition) is 4. The zero-order valence-electron chi connectivity index (χ0n) is 58.6. The minimum atomic E-state index is -2.45. The lowest BCUT2D eigenvalue weighted by Crippen LogP contribution is -2.74. The molecule has 0 saturated carbocycles. The van der Waals surface area contributed by atoms with Gasteiger partial charge < -0.3 is 45.7 Å². The Morgan fingerprint density at radius 2 is 0.971 bits per heavy atom. The summed E-state index contributed by atoms with van der Waals surface area (Å²) in [5, 5.41) is 49.5. The van der Waals surface area contributed by atoms with E-state index in [9.17, 15) is 59.2 Å². The maximum atomic E-state index is 15.0. The number of esters is 2. The van der Waals surface area contributed by atoms with Crippen molar-refractivity contribution >= 4 is 47.2 Å². The second-order valence-corrected chi connectivity index (χ2v) is 26.8. The lowest BCUT2D eigenvalue weighted by molar-refractivity contribution is -0.385. The lowest BCUT2D eigenvalue weighted by Gasteiger charge is -2.59. The Hall–Kier alpha value is -10.2. The van der Waals surface area contributed by atoms with Gasteiger partial charge in [0, 0.05) is 89.1 Å². The van der Waals surface area contributed by atoms with E-state index in [1.807, 2.05) is 32.6 Å². The third-order valence-corrected chi connectivity index (χ3v) is 20.8. The SMILES string of the molecule is CCOC(=O)C1=C(N)N(OC(=O)C(=O)ON2C(C)C(CCN3CCN(C(c4ccc(C)cc4)c4ccc(C)cc4)CC3)(C(=O)O)C(c3cccc([N+](=O)[O-])c3)C(CC)(C(=O)O)C2N)C(C)=C(C(=O)OCCN2CCN(C(c3ccc(C)cc3)c3ccc(C)cc3)CC2)C1c1cccc([N+](=O)[O-])c1.